The van der Waals surface area contributed by atoms with Crippen molar-refractivity contribution in [2.45, 2.75) is 97.1 Å². The number of carbonyl (C=O) groups excluding carboxylic acids is 3. The van der Waals surface area contributed by atoms with Crippen LogP contribution in [0.5, 0.6) is 0 Å². The predicted molar refractivity (Wildman–Crippen MR) is 187 cm³/mol. The van der Waals surface area contributed by atoms with Gasteiger partial charge < -0.3 is 10.6 Å². The topological polar surface area (TPSA) is 84.5 Å². The molecule has 0 heterocycles. The van der Waals surface area contributed by atoms with Crippen LogP contribution in [0.1, 0.15) is 84.0 Å². The SMILES string of the molecule is CC(=O)Nc1c2c(c(F)c3c1CCC3)CCC2.CC(=O)Nc1c2c(cc3c1CCC3)CCC2.CI(OC(=O)C(F)(F)F)c1ccccc1. The Hall–Kier alpha value is -3.48. The van der Waals surface area contributed by atoms with E-state index < -0.39 is 32.4 Å². The molecule has 4 aliphatic rings. The number of amides is 2. The number of hydrogen-bond acceptors (Lipinski definition) is 4. The molecule has 0 bridgehead atoms. The second kappa shape index (κ2) is 15.4. The Morgan fingerprint density at radius 3 is 1.54 bits per heavy atom. The molecule has 0 unspecified atom stereocenters. The molecule has 258 valence electrons. The fourth-order valence-electron chi connectivity index (χ4n) is 7.14. The van der Waals surface area contributed by atoms with E-state index in [0.29, 0.717) is 3.57 Å². The van der Waals surface area contributed by atoms with Crippen molar-refractivity contribution in [3.63, 3.8) is 0 Å². The molecule has 0 spiro atoms. The van der Waals surface area contributed by atoms with Gasteiger partial charge in [-0.25, -0.2) is 4.39 Å². The number of rotatable bonds is 4. The van der Waals surface area contributed by atoms with Crippen molar-refractivity contribution >= 4 is 49.4 Å². The fourth-order valence-corrected chi connectivity index (χ4v) is 9.68. The molecule has 11 heteroatoms. The third-order valence-corrected chi connectivity index (χ3v) is 12.6. The summed E-state index contributed by atoms with van der Waals surface area (Å²) in [5.74, 6) is -2.08. The van der Waals surface area contributed by atoms with Gasteiger partial charge in [0, 0.05) is 25.2 Å². The van der Waals surface area contributed by atoms with Crippen molar-refractivity contribution in [2.24, 2.45) is 0 Å². The average Bonchev–Trinajstić information content (AvgIpc) is 3.86. The van der Waals surface area contributed by atoms with Crippen molar-refractivity contribution in [3.05, 3.63) is 90.3 Å². The molecule has 0 aliphatic heterocycles. The summed E-state index contributed by atoms with van der Waals surface area (Å²) >= 11 is -2.46. The number of hydrogen-bond donors (Lipinski definition) is 2. The van der Waals surface area contributed by atoms with Gasteiger partial charge in [-0.3, -0.25) is 9.59 Å². The average molecular weight is 781 g/mol. The molecule has 0 fully saturated rings. The first-order valence-corrected chi connectivity index (χ1v) is 20.5. The summed E-state index contributed by atoms with van der Waals surface area (Å²) in [6, 6.07) is 10.9. The molecule has 0 atom stereocenters. The van der Waals surface area contributed by atoms with Crippen LogP contribution >= 0.6 is 20.2 Å². The molecule has 3 aromatic rings. The molecule has 7 rings (SSSR count). The van der Waals surface area contributed by atoms with Crippen LogP contribution < -0.4 is 10.6 Å². The minimum absolute atomic E-state index is 0.0131. The molecule has 2 amide bonds. The number of anilines is 2. The number of alkyl halides is 4. The summed E-state index contributed by atoms with van der Waals surface area (Å²) in [6.07, 6.45) is 7.67. The van der Waals surface area contributed by atoms with E-state index in [4.69, 9.17) is 0 Å². The molecule has 0 radical (unpaired) electrons. The number of carbonyl (C=O) groups is 3. The molecule has 48 heavy (non-hydrogen) atoms. The van der Waals surface area contributed by atoms with E-state index in [1.165, 1.54) is 54.9 Å². The predicted octanol–water partition coefficient (Wildman–Crippen LogP) is 8.40. The number of halogens is 5. The normalized spacial score (nSPS) is 15.4. The molecule has 3 aromatic carbocycles. The molecule has 0 saturated carbocycles. The van der Waals surface area contributed by atoms with Gasteiger partial charge in [-0.1, -0.05) is 6.07 Å². The van der Waals surface area contributed by atoms with Gasteiger partial charge in [0.05, 0.1) is 0 Å². The van der Waals surface area contributed by atoms with Crippen LogP contribution in [-0.2, 0) is 68.8 Å². The van der Waals surface area contributed by atoms with Gasteiger partial charge in [-0.15, -0.1) is 0 Å². The Balaban J connectivity index is 0.000000141. The zero-order valence-electron chi connectivity index (χ0n) is 27.5. The van der Waals surface area contributed by atoms with E-state index in [1.807, 2.05) is 0 Å². The number of benzene rings is 3. The van der Waals surface area contributed by atoms with Gasteiger partial charge in [0.15, 0.2) is 0 Å². The summed E-state index contributed by atoms with van der Waals surface area (Å²) in [7, 11) is 0. The molecular weight excluding hydrogens is 739 g/mol. The first-order valence-electron chi connectivity index (χ1n) is 16.4. The third kappa shape index (κ3) is 8.20. The van der Waals surface area contributed by atoms with Gasteiger partial charge in [0.1, 0.15) is 5.82 Å². The summed E-state index contributed by atoms with van der Waals surface area (Å²) in [5.41, 5.74) is 11.7. The molecule has 4 aliphatic carbocycles. The van der Waals surface area contributed by atoms with Crippen LogP contribution in [0.25, 0.3) is 0 Å². The number of fused-ring (bicyclic) bond motifs is 4. The van der Waals surface area contributed by atoms with Crippen LogP contribution in [0.4, 0.5) is 28.9 Å². The van der Waals surface area contributed by atoms with Gasteiger partial charge in [0.25, 0.3) is 0 Å². The van der Waals surface area contributed by atoms with E-state index in [-0.39, 0.29) is 17.6 Å². The minimum atomic E-state index is -4.90. The molecule has 0 saturated heterocycles. The monoisotopic (exact) mass is 780 g/mol. The zero-order chi connectivity index (χ0) is 34.6. The van der Waals surface area contributed by atoms with Gasteiger partial charge >= 0.3 is 92.2 Å². The van der Waals surface area contributed by atoms with Crippen molar-refractivity contribution in [2.75, 3.05) is 15.6 Å². The maximum atomic E-state index is 14.3. The van der Waals surface area contributed by atoms with Crippen LogP contribution in [-0.4, -0.2) is 28.9 Å². The van der Waals surface area contributed by atoms with E-state index in [1.54, 1.807) is 42.2 Å². The molecule has 0 aromatic heterocycles. The second-order valence-electron chi connectivity index (χ2n) is 12.5. The van der Waals surface area contributed by atoms with Crippen molar-refractivity contribution < 1.29 is 35.0 Å². The Morgan fingerprint density at radius 1 is 0.667 bits per heavy atom. The van der Waals surface area contributed by atoms with Crippen molar-refractivity contribution in [3.8, 4) is 0 Å². The number of aryl methyl sites for hydroxylation is 2. The fraction of sp³-hybridized carbons (Fsp3) is 0.432. The Labute approximate surface area is 286 Å². The summed E-state index contributed by atoms with van der Waals surface area (Å²) in [4.78, 5) is 34.7. The van der Waals surface area contributed by atoms with Crippen LogP contribution in [0, 0.1) is 9.39 Å². The Bertz CT molecular complexity index is 1640. The summed E-state index contributed by atoms with van der Waals surface area (Å²) < 4.78 is 55.0. The van der Waals surface area contributed by atoms with Gasteiger partial charge in [-0.05, 0) is 122 Å². The standard InChI is InChI=1S/C14H16FNO.C14H17NO.C9H8F3IO2/c1-8(17)16-14-11-6-2-4-9(11)13(15)10-5-3-7-12(10)14;1-9(16)15-14-12-6-2-4-10(12)8-11-5-3-7-13(11)14;1-13(7-5-3-2-4-6-7)15-8(14)9(10,11)12/h2-7H2,1H3,(H,16,17);8H,2-7H2,1H3,(H,15,16);2-6H,1H3. The summed E-state index contributed by atoms with van der Waals surface area (Å²) in [6.45, 7) is 3.13. The zero-order valence-corrected chi connectivity index (χ0v) is 29.6. The quantitative estimate of drug-likeness (QED) is 0.158. The first kappa shape index (κ1) is 35.8. The third-order valence-electron chi connectivity index (χ3n) is 9.10. The first-order chi connectivity index (χ1) is 22.8. The molecular formula is C37H41F4IN2O4. The molecule has 6 nitrogen and oxygen atoms in total. The van der Waals surface area contributed by atoms with Crippen LogP contribution in [0.3, 0.4) is 0 Å². The Morgan fingerprint density at radius 2 is 1.08 bits per heavy atom. The van der Waals surface area contributed by atoms with E-state index >= 15 is 0 Å². The summed E-state index contributed by atoms with van der Waals surface area (Å²) in [5, 5.41) is 5.99. The van der Waals surface area contributed by atoms with Crippen molar-refractivity contribution in [1.82, 2.24) is 0 Å². The van der Waals surface area contributed by atoms with E-state index in [9.17, 15) is 31.9 Å². The van der Waals surface area contributed by atoms with Gasteiger partial charge in [0.2, 0.25) is 11.8 Å². The number of nitrogens with one attached hydrogen (secondary N) is 2. The van der Waals surface area contributed by atoms with Crippen LogP contribution in [0.2, 0.25) is 0 Å². The van der Waals surface area contributed by atoms with Crippen molar-refractivity contribution in [1.29, 1.82) is 0 Å². The Kier molecular flexibility index (Phi) is 11.5. The van der Waals surface area contributed by atoms with E-state index in [2.05, 4.69) is 19.8 Å². The second-order valence-corrected chi connectivity index (χ2v) is 16.6. The maximum absolute atomic E-state index is 14.3. The van der Waals surface area contributed by atoms with Gasteiger partial charge in [-0.2, -0.15) is 0 Å². The molecule has 2 N–H and O–H groups in total. The van der Waals surface area contributed by atoms with Crippen LogP contribution in [0.15, 0.2) is 36.4 Å². The van der Waals surface area contributed by atoms with E-state index in [0.717, 1.165) is 85.0 Å².